The fourth-order valence-electron chi connectivity index (χ4n) is 3.21. The second-order valence-electron chi connectivity index (χ2n) is 5.74. The van der Waals surface area contributed by atoms with Gasteiger partial charge in [0.05, 0.1) is 10.4 Å². The molecule has 0 radical (unpaired) electrons. The Labute approximate surface area is 134 Å². The van der Waals surface area contributed by atoms with Crippen LogP contribution in [-0.4, -0.2) is 5.91 Å². The van der Waals surface area contributed by atoms with Gasteiger partial charge in [-0.05, 0) is 36.6 Å². The molecule has 0 aromatic heterocycles. The van der Waals surface area contributed by atoms with Gasteiger partial charge in [-0.1, -0.05) is 54.8 Å². The molecule has 1 fully saturated rings. The Bertz CT molecular complexity index is 681. The summed E-state index contributed by atoms with van der Waals surface area (Å²) in [6.45, 7) is 0. The first kappa shape index (κ1) is 15.0. The van der Waals surface area contributed by atoms with Gasteiger partial charge in [-0.25, -0.2) is 4.39 Å². The van der Waals surface area contributed by atoms with E-state index >= 15 is 0 Å². The highest BCUT2D eigenvalue weighted by Crippen LogP contribution is 2.42. The van der Waals surface area contributed by atoms with E-state index in [4.69, 9.17) is 11.6 Å². The third-order valence-electron chi connectivity index (χ3n) is 4.40. The Kier molecular flexibility index (Phi) is 4.16. The predicted molar refractivity (Wildman–Crippen MR) is 86.6 cm³/mol. The Hall–Kier alpha value is -1.87. The van der Waals surface area contributed by atoms with Crippen LogP contribution in [0.4, 0.5) is 10.1 Å². The van der Waals surface area contributed by atoms with Crippen molar-refractivity contribution < 1.29 is 9.18 Å². The summed E-state index contributed by atoms with van der Waals surface area (Å²) in [4.78, 5) is 12.9. The zero-order valence-electron chi connectivity index (χ0n) is 12.1. The van der Waals surface area contributed by atoms with E-state index in [0.29, 0.717) is 5.69 Å². The molecule has 114 valence electrons. The summed E-state index contributed by atoms with van der Waals surface area (Å²) >= 11 is 5.78. The average Bonchev–Trinajstić information content (AvgIpc) is 3.03. The fourth-order valence-corrected chi connectivity index (χ4v) is 3.39. The van der Waals surface area contributed by atoms with Crippen LogP contribution < -0.4 is 5.32 Å². The number of halogens is 2. The van der Waals surface area contributed by atoms with Crippen LogP contribution in [0.1, 0.15) is 31.2 Å². The second kappa shape index (κ2) is 6.09. The van der Waals surface area contributed by atoms with Gasteiger partial charge in [0.2, 0.25) is 5.91 Å². The molecule has 0 bridgehead atoms. The fraction of sp³-hybridized carbons (Fsp3) is 0.278. The Morgan fingerprint density at radius 1 is 1.09 bits per heavy atom. The minimum absolute atomic E-state index is 0.0120. The number of benzene rings is 2. The highest BCUT2D eigenvalue weighted by Gasteiger charge is 2.42. The van der Waals surface area contributed by atoms with Crippen molar-refractivity contribution >= 4 is 23.2 Å². The maximum Gasteiger partial charge on any atom is 0.235 e. The van der Waals surface area contributed by atoms with E-state index in [1.807, 2.05) is 30.3 Å². The molecule has 3 rings (SSSR count). The molecule has 1 aliphatic carbocycles. The Balaban J connectivity index is 1.89. The van der Waals surface area contributed by atoms with Crippen LogP contribution in [0.3, 0.4) is 0 Å². The third-order valence-corrected chi connectivity index (χ3v) is 4.69. The third kappa shape index (κ3) is 2.73. The van der Waals surface area contributed by atoms with Gasteiger partial charge < -0.3 is 5.32 Å². The number of amides is 1. The van der Waals surface area contributed by atoms with Gasteiger partial charge in [0.15, 0.2) is 0 Å². The van der Waals surface area contributed by atoms with E-state index in [1.165, 1.54) is 18.2 Å². The lowest BCUT2D eigenvalue weighted by molar-refractivity contribution is -0.121. The highest BCUT2D eigenvalue weighted by molar-refractivity contribution is 6.31. The molecule has 0 aliphatic heterocycles. The van der Waals surface area contributed by atoms with E-state index < -0.39 is 11.2 Å². The van der Waals surface area contributed by atoms with E-state index in [9.17, 15) is 9.18 Å². The largest absolute Gasteiger partial charge is 0.325 e. The lowest BCUT2D eigenvalue weighted by Crippen LogP contribution is -2.37. The maximum atomic E-state index is 13.2. The number of anilines is 1. The molecule has 0 atom stereocenters. The molecule has 1 amide bonds. The molecule has 1 saturated carbocycles. The van der Waals surface area contributed by atoms with Crippen LogP contribution in [0.2, 0.25) is 5.02 Å². The van der Waals surface area contributed by atoms with Crippen LogP contribution in [0, 0.1) is 5.82 Å². The van der Waals surface area contributed by atoms with E-state index in [-0.39, 0.29) is 10.9 Å². The van der Waals surface area contributed by atoms with Gasteiger partial charge in [-0.3, -0.25) is 4.79 Å². The summed E-state index contributed by atoms with van der Waals surface area (Å²) in [5.41, 5.74) is 1.07. The van der Waals surface area contributed by atoms with Crippen LogP contribution in [0.25, 0.3) is 0 Å². The van der Waals surface area contributed by atoms with Crippen molar-refractivity contribution in [2.45, 2.75) is 31.1 Å². The molecular formula is C18H17ClFNO. The standard InChI is InChI=1S/C18H17ClFNO/c19-15-12-14(8-9-16(15)20)21-17(22)18(10-4-5-11-18)13-6-2-1-3-7-13/h1-3,6-9,12H,4-5,10-11H2,(H,21,22). The molecule has 1 N–H and O–H groups in total. The van der Waals surface area contributed by atoms with Crippen molar-refractivity contribution in [1.29, 1.82) is 0 Å². The summed E-state index contributed by atoms with van der Waals surface area (Å²) in [6.07, 6.45) is 3.73. The predicted octanol–water partition coefficient (Wildman–Crippen LogP) is 4.93. The second-order valence-corrected chi connectivity index (χ2v) is 6.15. The molecule has 22 heavy (non-hydrogen) atoms. The van der Waals surface area contributed by atoms with Gasteiger partial charge in [0.1, 0.15) is 5.82 Å². The summed E-state index contributed by atoms with van der Waals surface area (Å²) in [7, 11) is 0. The molecule has 0 heterocycles. The van der Waals surface area contributed by atoms with E-state index in [2.05, 4.69) is 5.32 Å². The molecule has 0 saturated heterocycles. The van der Waals surface area contributed by atoms with Gasteiger partial charge in [0, 0.05) is 5.69 Å². The van der Waals surface area contributed by atoms with Crippen molar-refractivity contribution in [3.8, 4) is 0 Å². The molecule has 2 aromatic carbocycles. The molecule has 0 unspecified atom stereocenters. The molecule has 2 nitrogen and oxygen atoms in total. The molecule has 4 heteroatoms. The van der Waals surface area contributed by atoms with Crippen LogP contribution in [0.5, 0.6) is 0 Å². The zero-order chi connectivity index (χ0) is 15.6. The normalized spacial score (nSPS) is 16.5. The SMILES string of the molecule is O=C(Nc1ccc(F)c(Cl)c1)C1(c2ccccc2)CCCC1. The van der Waals surface area contributed by atoms with Crippen molar-refractivity contribution in [3.63, 3.8) is 0 Å². The van der Waals surface area contributed by atoms with Crippen LogP contribution in [-0.2, 0) is 10.2 Å². The van der Waals surface area contributed by atoms with E-state index in [0.717, 1.165) is 31.2 Å². The van der Waals surface area contributed by atoms with Gasteiger partial charge in [0.25, 0.3) is 0 Å². The minimum Gasteiger partial charge on any atom is -0.325 e. The van der Waals surface area contributed by atoms with Gasteiger partial charge in [-0.15, -0.1) is 0 Å². The van der Waals surface area contributed by atoms with Crippen molar-refractivity contribution in [1.82, 2.24) is 0 Å². The number of nitrogens with one attached hydrogen (secondary N) is 1. The van der Waals surface area contributed by atoms with Gasteiger partial charge >= 0.3 is 0 Å². The minimum atomic E-state index is -0.498. The summed E-state index contributed by atoms with van der Waals surface area (Å²) in [5, 5.41) is 2.91. The first-order valence-electron chi connectivity index (χ1n) is 7.44. The molecule has 0 spiro atoms. The number of hydrogen-bond acceptors (Lipinski definition) is 1. The quantitative estimate of drug-likeness (QED) is 0.854. The summed E-state index contributed by atoms with van der Waals surface area (Å²) in [6, 6.07) is 14.1. The number of rotatable bonds is 3. The molecule has 1 aliphatic rings. The van der Waals surface area contributed by atoms with Crippen molar-refractivity contribution in [2.24, 2.45) is 0 Å². The average molecular weight is 318 g/mol. The summed E-state index contributed by atoms with van der Waals surface area (Å²) in [5.74, 6) is -0.530. The lowest BCUT2D eigenvalue weighted by Gasteiger charge is -2.28. The Morgan fingerprint density at radius 3 is 2.41 bits per heavy atom. The molecule has 2 aromatic rings. The van der Waals surface area contributed by atoms with Crippen LogP contribution >= 0.6 is 11.6 Å². The van der Waals surface area contributed by atoms with E-state index in [1.54, 1.807) is 0 Å². The monoisotopic (exact) mass is 317 g/mol. The zero-order valence-corrected chi connectivity index (χ0v) is 12.9. The number of hydrogen-bond donors (Lipinski definition) is 1. The van der Waals surface area contributed by atoms with Crippen LogP contribution in [0.15, 0.2) is 48.5 Å². The number of carbonyl (C=O) groups is 1. The topological polar surface area (TPSA) is 29.1 Å². The lowest BCUT2D eigenvalue weighted by atomic mass is 9.78. The first-order valence-corrected chi connectivity index (χ1v) is 7.82. The number of carbonyl (C=O) groups excluding carboxylic acids is 1. The Morgan fingerprint density at radius 2 is 1.77 bits per heavy atom. The summed E-state index contributed by atoms with van der Waals surface area (Å²) < 4.78 is 13.2. The van der Waals surface area contributed by atoms with Crippen molar-refractivity contribution in [2.75, 3.05) is 5.32 Å². The maximum absolute atomic E-state index is 13.2. The van der Waals surface area contributed by atoms with Crippen molar-refractivity contribution in [3.05, 3.63) is 64.9 Å². The highest BCUT2D eigenvalue weighted by atomic mass is 35.5. The van der Waals surface area contributed by atoms with Gasteiger partial charge in [-0.2, -0.15) is 0 Å². The smallest absolute Gasteiger partial charge is 0.235 e. The molecular weight excluding hydrogens is 301 g/mol. The first-order chi connectivity index (χ1) is 10.6.